The summed E-state index contributed by atoms with van der Waals surface area (Å²) in [7, 11) is 0. The van der Waals surface area contributed by atoms with Crippen LogP contribution in [0.1, 0.15) is 30.5 Å². The Morgan fingerprint density at radius 3 is 3.00 bits per heavy atom. The van der Waals surface area contributed by atoms with Gasteiger partial charge in [0.25, 0.3) is 5.56 Å². The normalized spacial score (nSPS) is 18.6. The van der Waals surface area contributed by atoms with E-state index in [4.69, 9.17) is 0 Å². The molecule has 2 aromatic rings. The first-order valence-corrected chi connectivity index (χ1v) is 7.76. The van der Waals surface area contributed by atoms with Crippen LogP contribution in [0.2, 0.25) is 0 Å². The lowest BCUT2D eigenvalue weighted by molar-refractivity contribution is 0.431. The number of rotatable bonds is 5. The number of hydrogen-bond acceptors (Lipinski definition) is 5. The van der Waals surface area contributed by atoms with Crippen molar-refractivity contribution in [2.45, 2.75) is 38.8 Å². The van der Waals surface area contributed by atoms with Crippen molar-refractivity contribution >= 4 is 5.82 Å². The number of nitrogens with zero attached hydrogens (tertiary/aromatic N) is 3. The maximum absolute atomic E-state index is 11.2. The summed E-state index contributed by atoms with van der Waals surface area (Å²) in [4.78, 5) is 13.4. The SMILES string of the molecule is Cc1[nH]ncc1CNCC1CCCCN1c1ccc(=O)[nH]n1. The van der Waals surface area contributed by atoms with Crippen LogP contribution in [0.4, 0.5) is 5.82 Å². The average Bonchev–Trinajstić information content (AvgIpc) is 2.94. The fraction of sp³-hybridized carbons (Fsp3) is 0.533. The molecule has 3 heterocycles. The van der Waals surface area contributed by atoms with Gasteiger partial charge in [0.2, 0.25) is 0 Å². The first-order valence-electron chi connectivity index (χ1n) is 7.76. The van der Waals surface area contributed by atoms with Crippen LogP contribution in [0.3, 0.4) is 0 Å². The van der Waals surface area contributed by atoms with E-state index in [-0.39, 0.29) is 5.56 Å². The second-order valence-electron chi connectivity index (χ2n) is 5.77. The highest BCUT2D eigenvalue weighted by Gasteiger charge is 2.23. The lowest BCUT2D eigenvalue weighted by Gasteiger charge is -2.36. The molecule has 0 bridgehead atoms. The second-order valence-corrected chi connectivity index (χ2v) is 5.77. The average molecular weight is 302 g/mol. The predicted octanol–water partition coefficient (Wildman–Crippen LogP) is 0.950. The fourth-order valence-corrected chi connectivity index (χ4v) is 2.94. The number of aromatic nitrogens is 4. The molecule has 7 nitrogen and oxygen atoms in total. The molecule has 0 radical (unpaired) electrons. The number of hydrogen-bond donors (Lipinski definition) is 3. The number of H-pyrrole nitrogens is 2. The number of nitrogens with one attached hydrogen (secondary N) is 3. The largest absolute Gasteiger partial charge is 0.351 e. The topological polar surface area (TPSA) is 89.7 Å². The van der Waals surface area contributed by atoms with Gasteiger partial charge < -0.3 is 10.2 Å². The van der Waals surface area contributed by atoms with Crippen LogP contribution in [0.25, 0.3) is 0 Å². The zero-order valence-corrected chi connectivity index (χ0v) is 12.8. The second kappa shape index (κ2) is 6.74. The van der Waals surface area contributed by atoms with E-state index in [1.54, 1.807) is 6.07 Å². The molecule has 1 aliphatic heterocycles. The Bertz CT molecular complexity index is 644. The third kappa shape index (κ3) is 3.36. The van der Waals surface area contributed by atoms with Gasteiger partial charge in [0.1, 0.15) is 5.82 Å². The molecular weight excluding hydrogens is 280 g/mol. The van der Waals surface area contributed by atoms with Crippen LogP contribution in [0.15, 0.2) is 23.1 Å². The molecule has 2 aromatic heterocycles. The van der Waals surface area contributed by atoms with Crippen molar-refractivity contribution in [2.24, 2.45) is 0 Å². The molecule has 0 aromatic carbocycles. The maximum atomic E-state index is 11.2. The third-order valence-corrected chi connectivity index (χ3v) is 4.22. The van der Waals surface area contributed by atoms with E-state index in [1.165, 1.54) is 18.1 Å². The van der Waals surface area contributed by atoms with Gasteiger partial charge in [-0.15, -0.1) is 0 Å². The van der Waals surface area contributed by atoms with Crippen LogP contribution in [-0.2, 0) is 6.54 Å². The van der Waals surface area contributed by atoms with Gasteiger partial charge in [0.15, 0.2) is 0 Å². The summed E-state index contributed by atoms with van der Waals surface area (Å²) < 4.78 is 0. The molecule has 0 saturated carbocycles. The van der Waals surface area contributed by atoms with Crippen molar-refractivity contribution < 1.29 is 0 Å². The molecule has 22 heavy (non-hydrogen) atoms. The van der Waals surface area contributed by atoms with Crippen molar-refractivity contribution in [2.75, 3.05) is 18.0 Å². The van der Waals surface area contributed by atoms with Crippen LogP contribution < -0.4 is 15.8 Å². The molecule has 1 atom stereocenters. The van der Waals surface area contributed by atoms with Gasteiger partial charge in [-0.05, 0) is 32.3 Å². The Morgan fingerprint density at radius 1 is 1.36 bits per heavy atom. The first-order chi connectivity index (χ1) is 10.7. The highest BCUT2D eigenvalue weighted by molar-refractivity contribution is 5.38. The molecule has 0 amide bonds. The van der Waals surface area contributed by atoms with Gasteiger partial charge in [-0.1, -0.05) is 0 Å². The molecule has 0 aliphatic carbocycles. The molecule has 0 spiro atoms. The van der Waals surface area contributed by atoms with Crippen molar-refractivity contribution in [1.29, 1.82) is 0 Å². The van der Waals surface area contributed by atoms with E-state index in [0.717, 1.165) is 44.0 Å². The predicted molar refractivity (Wildman–Crippen MR) is 84.9 cm³/mol. The number of anilines is 1. The highest BCUT2D eigenvalue weighted by atomic mass is 16.1. The Kier molecular flexibility index (Phi) is 4.53. The van der Waals surface area contributed by atoms with Gasteiger partial charge in [-0.2, -0.15) is 10.2 Å². The summed E-state index contributed by atoms with van der Waals surface area (Å²) in [6.07, 6.45) is 5.40. The molecule has 1 fully saturated rings. The van der Waals surface area contributed by atoms with Gasteiger partial charge in [0.05, 0.1) is 6.20 Å². The summed E-state index contributed by atoms with van der Waals surface area (Å²) in [5.74, 6) is 0.852. The van der Waals surface area contributed by atoms with Crippen LogP contribution in [0, 0.1) is 6.92 Å². The van der Waals surface area contributed by atoms with E-state index >= 15 is 0 Å². The minimum absolute atomic E-state index is 0.161. The van der Waals surface area contributed by atoms with Gasteiger partial charge >= 0.3 is 0 Å². The Hall–Kier alpha value is -2.15. The summed E-state index contributed by atoms with van der Waals surface area (Å²) in [6.45, 7) is 4.72. The highest BCUT2D eigenvalue weighted by Crippen LogP contribution is 2.21. The van der Waals surface area contributed by atoms with Crippen molar-refractivity contribution in [3.05, 3.63) is 39.9 Å². The quantitative estimate of drug-likeness (QED) is 0.765. The Morgan fingerprint density at radius 2 is 2.27 bits per heavy atom. The van der Waals surface area contributed by atoms with E-state index in [9.17, 15) is 4.79 Å². The number of piperidine rings is 1. The molecule has 3 rings (SSSR count). The molecule has 1 aliphatic rings. The summed E-state index contributed by atoms with van der Waals surface area (Å²) in [5.41, 5.74) is 2.14. The lowest BCUT2D eigenvalue weighted by Crippen LogP contribution is -2.46. The number of aromatic amines is 2. The van der Waals surface area contributed by atoms with Gasteiger partial charge in [-0.25, -0.2) is 5.10 Å². The van der Waals surface area contributed by atoms with E-state index in [0.29, 0.717) is 6.04 Å². The summed E-state index contributed by atoms with van der Waals surface area (Å²) >= 11 is 0. The first kappa shape index (κ1) is 14.8. The van der Waals surface area contributed by atoms with Crippen LogP contribution >= 0.6 is 0 Å². The molecule has 1 unspecified atom stereocenters. The van der Waals surface area contributed by atoms with E-state index in [1.807, 2.05) is 13.1 Å². The van der Waals surface area contributed by atoms with E-state index in [2.05, 4.69) is 30.6 Å². The molecule has 3 N–H and O–H groups in total. The maximum Gasteiger partial charge on any atom is 0.264 e. The zero-order valence-electron chi connectivity index (χ0n) is 12.8. The third-order valence-electron chi connectivity index (χ3n) is 4.22. The minimum Gasteiger partial charge on any atom is -0.351 e. The van der Waals surface area contributed by atoms with Crippen molar-refractivity contribution in [3.8, 4) is 0 Å². The molecular formula is C15H22N6O. The summed E-state index contributed by atoms with van der Waals surface area (Å²) in [5, 5.41) is 17.2. The molecule has 7 heteroatoms. The van der Waals surface area contributed by atoms with Gasteiger partial charge in [0, 0.05) is 43.0 Å². The minimum atomic E-state index is -0.161. The Labute approximate surface area is 129 Å². The van der Waals surface area contributed by atoms with Crippen molar-refractivity contribution in [1.82, 2.24) is 25.7 Å². The monoisotopic (exact) mass is 302 g/mol. The van der Waals surface area contributed by atoms with Gasteiger partial charge in [-0.3, -0.25) is 9.89 Å². The smallest absolute Gasteiger partial charge is 0.264 e. The van der Waals surface area contributed by atoms with Crippen LogP contribution in [0.5, 0.6) is 0 Å². The summed E-state index contributed by atoms with van der Waals surface area (Å²) in [6, 6.07) is 3.74. The zero-order chi connectivity index (χ0) is 15.4. The Balaban J connectivity index is 1.61. The van der Waals surface area contributed by atoms with E-state index < -0.39 is 0 Å². The number of aryl methyl sites for hydroxylation is 1. The van der Waals surface area contributed by atoms with Crippen molar-refractivity contribution in [3.63, 3.8) is 0 Å². The molecule has 118 valence electrons. The van der Waals surface area contributed by atoms with Crippen LogP contribution in [-0.4, -0.2) is 39.5 Å². The molecule has 1 saturated heterocycles. The fourth-order valence-electron chi connectivity index (χ4n) is 2.94. The standard InChI is InChI=1S/C15H22N6O/c1-11-12(9-17-18-11)8-16-10-13-4-2-3-7-21(13)14-5-6-15(22)20-19-14/h5-6,9,13,16H,2-4,7-8,10H2,1H3,(H,17,18)(H,20,22). The lowest BCUT2D eigenvalue weighted by atomic mass is 10.0.